The number of rotatable bonds is 4. The molecule has 1 aliphatic heterocycles. The van der Waals surface area contributed by atoms with Gasteiger partial charge in [-0.05, 0) is 43.2 Å². The highest BCUT2D eigenvalue weighted by Crippen LogP contribution is 2.23. The number of fused-ring (bicyclic) bond motifs is 1. The first-order chi connectivity index (χ1) is 12.5. The van der Waals surface area contributed by atoms with Gasteiger partial charge < -0.3 is 19.6 Å². The van der Waals surface area contributed by atoms with Crippen LogP contribution in [0.3, 0.4) is 0 Å². The minimum Gasteiger partial charge on any atom is -0.459 e. The standard InChI is InChI=1S/C19H18FN3O3/c1-11-4-5-14(20)17-13(11)9-15(22-17)18(24)21-10-12-6-7-23(12)19(25)16-3-2-8-26-16/h2-5,8-9,12,22H,6-7,10H2,1H3,(H,21,24). The molecule has 3 aromatic rings. The Kier molecular flexibility index (Phi) is 3.99. The highest BCUT2D eigenvalue weighted by Gasteiger charge is 2.34. The molecule has 0 bridgehead atoms. The third-order valence-corrected chi connectivity index (χ3v) is 4.84. The molecule has 3 heterocycles. The number of furan rings is 1. The van der Waals surface area contributed by atoms with Crippen molar-refractivity contribution in [2.75, 3.05) is 13.1 Å². The van der Waals surface area contributed by atoms with Crippen LogP contribution in [-0.4, -0.2) is 40.8 Å². The number of hydrogen-bond acceptors (Lipinski definition) is 3. The minimum absolute atomic E-state index is 0.0700. The van der Waals surface area contributed by atoms with Gasteiger partial charge in [0, 0.05) is 18.5 Å². The molecule has 1 unspecified atom stereocenters. The van der Waals surface area contributed by atoms with Gasteiger partial charge in [-0.25, -0.2) is 4.39 Å². The van der Waals surface area contributed by atoms with Crippen LogP contribution in [0.1, 0.15) is 33.0 Å². The van der Waals surface area contributed by atoms with Crippen molar-refractivity contribution >= 4 is 22.7 Å². The largest absolute Gasteiger partial charge is 0.459 e. The van der Waals surface area contributed by atoms with Gasteiger partial charge in [0.1, 0.15) is 11.5 Å². The van der Waals surface area contributed by atoms with Gasteiger partial charge >= 0.3 is 0 Å². The van der Waals surface area contributed by atoms with Gasteiger partial charge in [-0.3, -0.25) is 9.59 Å². The van der Waals surface area contributed by atoms with Crippen molar-refractivity contribution < 1.29 is 18.4 Å². The lowest BCUT2D eigenvalue weighted by Gasteiger charge is -2.40. The summed E-state index contributed by atoms with van der Waals surface area (Å²) in [5, 5.41) is 3.50. The first-order valence-electron chi connectivity index (χ1n) is 8.45. The zero-order chi connectivity index (χ0) is 18.3. The fourth-order valence-electron chi connectivity index (χ4n) is 3.22. The van der Waals surface area contributed by atoms with E-state index in [2.05, 4.69) is 10.3 Å². The maximum Gasteiger partial charge on any atom is 0.289 e. The van der Waals surface area contributed by atoms with Crippen LogP contribution in [0.15, 0.2) is 41.0 Å². The summed E-state index contributed by atoms with van der Waals surface area (Å²) >= 11 is 0. The number of aromatic nitrogens is 1. The number of halogens is 1. The SMILES string of the molecule is Cc1ccc(F)c2[nH]c(C(=O)NCC3CCN3C(=O)c3ccco3)cc12. The molecule has 0 spiro atoms. The third kappa shape index (κ3) is 2.75. The van der Waals surface area contributed by atoms with Crippen LogP contribution in [0.5, 0.6) is 0 Å². The second-order valence-electron chi connectivity index (χ2n) is 6.46. The van der Waals surface area contributed by atoms with Crippen LogP contribution in [0.4, 0.5) is 4.39 Å². The highest BCUT2D eigenvalue weighted by atomic mass is 19.1. The third-order valence-electron chi connectivity index (χ3n) is 4.84. The van der Waals surface area contributed by atoms with Gasteiger partial charge in [0.15, 0.2) is 5.76 Å². The van der Waals surface area contributed by atoms with Gasteiger partial charge in [-0.1, -0.05) is 6.07 Å². The van der Waals surface area contributed by atoms with Crippen LogP contribution in [0.2, 0.25) is 0 Å². The first kappa shape index (κ1) is 16.4. The number of carbonyl (C=O) groups excluding carboxylic acids is 2. The predicted octanol–water partition coefficient (Wildman–Crippen LogP) is 2.85. The highest BCUT2D eigenvalue weighted by molar-refractivity contribution is 5.99. The van der Waals surface area contributed by atoms with E-state index >= 15 is 0 Å². The summed E-state index contributed by atoms with van der Waals surface area (Å²) in [7, 11) is 0. The summed E-state index contributed by atoms with van der Waals surface area (Å²) in [6, 6.07) is 7.93. The molecule has 1 fully saturated rings. The number of hydrogen-bond donors (Lipinski definition) is 2. The second kappa shape index (κ2) is 6.33. The molecule has 1 atom stereocenters. The van der Waals surface area contributed by atoms with Gasteiger partial charge in [0.2, 0.25) is 0 Å². The Labute approximate surface area is 149 Å². The number of nitrogens with zero attached hydrogens (tertiary/aromatic N) is 1. The molecule has 2 amide bonds. The van der Waals surface area contributed by atoms with Crippen LogP contribution in [-0.2, 0) is 0 Å². The van der Waals surface area contributed by atoms with E-state index in [0.717, 1.165) is 12.0 Å². The summed E-state index contributed by atoms with van der Waals surface area (Å²) < 4.78 is 19.0. The Morgan fingerprint density at radius 2 is 2.23 bits per heavy atom. The molecule has 4 rings (SSSR count). The second-order valence-corrected chi connectivity index (χ2v) is 6.46. The van der Waals surface area contributed by atoms with Crippen molar-refractivity contribution in [2.24, 2.45) is 0 Å². The van der Waals surface area contributed by atoms with E-state index in [1.807, 2.05) is 6.92 Å². The smallest absolute Gasteiger partial charge is 0.289 e. The molecule has 1 saturated heterocycles. The van der Waals surface area contributed by atoms with E-state index in [-0.39, 0.29) is 23.7 Å². The molecule has 2 aromatic heterocycles. The fraction of sp³-hybridized carbons (Fsp3) is 0.263. The number of carbonyl (C=O) groups is 2. The Morgan fingerprint density at radius 1 is 1.38 bits per heavy atom. The van der Waals surface area contributed by atoms with E-state index in [1.165, 1.54) is 12.3 Å². The summed E-state index contributed by atoms with van der Waals surface area (Å²) in [4.78, 5) is 29.2. The van der Waals surface area contributed by atoms with Crippen LogP contribution >= 0.6 is 0 Å². The zero-order valence-electron chi connectivity index (χ0n) is 14.2. The van der Waals surface area contributed by atoms with Crippen LogP contribution < -0.4 is 5.32 Å². The fourth-order valence-corrected chi connectivity index (χ4v) is 3.22. The molecule has 0 radical (unpaired) electrons. The van der Waals surface area contributed by atoms with Crippen LogP contribution in [0.25, 0.3) is 10.9 Å². The van der Waals surface area contributed by atoms with E-state index in [9.17, 15) is 14.0 Å². The Balaban J connectivity index is 1.42. The zero-order valence-corrected chi connectivity index (χ0v) is 14.2. The van der Waals surface area contributed by atoms with Gasteiger partial charge in [0.25, 0.3) is 11.8 Å². The minimum atomic E-state index is -0.390. The maximum atomic E-state index is 13.9. The molecule has 0 saturated carbocycles. The summed E-state index contributed by atoms with van der Waals surface area (Å²) in [5.74, 6) is -0.595. The molecule has 1 aliphatic rings. The molecular formula is C19H18FN3O3. The number of nitrogens with one attached hydrogen (secondary N) is 2. The quantitative estimate of drug-likeness (QED) is 0.755. The number of aryl methyl sites for hydroxylation is 1. The monoisotopic (exact) mass is 355 g/mol. The molecule has 26 heavy (non-hydrogen) atoms. The lowest BCUT2D eigenvalue weighted by Crippen LogP contribution is -2.55. The lowest BCUT2D eigenvalue weighted by molar-refractivity contribution is 0.0424. The van der Waals surface area contributed by atoms with E-state index in [0.29, 0.717) is 35.4 Å². The Morgan fingerprint density at radius 3 is 2.88 bits per heavy atom. The molecule has 6 nitrogen and oxygen atoms in total. The first-order valence-corrected chi connectivity index (χ1v) is 8.45. The van der Waals surface area contributed by atoms with Crippen molar-refractivity contribution in [3.8, 4) is 0 Å². The van der Waals surface area contributed by atoms with E-state index in [4.69, 9.17) is 4.42 Å². The molecule has 1 aromatic carbocycles. The summed E-state index contributed by atoms with van der Waals surface area (Å²) in [6.07, 6.45) is 2.27. The summed E-state index contributed by atoms with van der Waals surface area (Å²) in [5.41, 5.74) is 1.52. The van der Waals surface area contributed by atoms with Gasteiger partial charge in [-0.15, -0.1) is 0 Å². The Bertz CT molecular complexity index is 938. The number of amides is 2. The maximum absolute atomic E-state index is 13.9. The van der Waals surface area contributed by atoms with Crippen molar-refractivity contribution in [3.63, 3.8) is 0 Å². The average Bonchev–Trinajstić information content (AvgIpc) is 3.27. The molecule has 7 heteroatoms. The van der Waals surface area contributed by atoms with Crippen molar-refractivity contribution in [3.05, 3.63) is 59.4 Å². The number of H-pyrrole nitrogens is 1. The Hall–Kier alpha value is -3.09. The molecular weight excluding hydrogens is 337 g/mol. The van der Waals surface area contributed by atoms with E-state index < -0.39 is 0 Å². The predicted molar refractivity (Wildman–Crippen MR) is 93.5 cm³/mol. The molecule has 134 valence electrons. The van der Waals surface area contributed by atoms with Gasteiger partial charge in [-0.2, -0.15) is 0 Å². The lowest BCUT2D eigenvalue weighted by atomic mass is 10.0. The van der Waals surface area contributed by atoms with Crippen LogP contribution in [0, 0.1) is 12.7 Å². The molecule has 2 N–H and O–H groups in total. The van der Waals surface area contributed by atoms with Crippen molar-refractivity contribution in [1.29, 1.82) is 0 Å². The number of aromatic amines is 1. The molecule has 0 aliphatic carbocycles. The van der Waals surface area contributed by atoms with E-state index in [1.54, 1.807) is 29.2 Å². The normalized spacial score (nSPS) is 16.5. The average molecular weight is 355 g/mol. The summed E-state index contributed by atoms with van der Waals surface area (Å²) in [6.45, 7) is 2.84. The number of likely N-dealkylation sites (tertiary alicyclic amines) is 1. The topological polar surface area (TPSA) is 78.3 Å². The van der Waals surface area contributed by atoms with Crippen molar-refractivity contribution in [2.45, 2.75) is 19.4 Å². The number of benzene rings is 1. The van der Waals surface area contributed by atoms with Gasteiger partial charge in [0.05, 0.1) is 17.8 Å². The van der Waals surface area contributed by atoms with Crippen molar-refractivity contribution in [1.82, 2.24) is 15.2 Å².